The van der Waals surface area contributed by atoms with E-state index in [4.69, 9.17) is 9.81 Å². The quantitative estimate of drug-likeness (QED) is 0.721. The molecule has 1 rings (SSSR count). The Morgan fingerprint density at radius 1 is 1.29 bits per heavy atom. The first-order chi connectivity index (χ1) is 6.41. The van der Waals surface area contributed by atoms with Crippen LogP contribution in [0.4, 0.5) is 0 Å². The SMILES string of the molecule is CC#N.Cc1ccc(S(=O)(=O)O)cc1. The van der Waals surface area contributed by atoms with Crippen molar-refractivity contribution in [1.82, 2.24) is 0 Å². The average molecular weight is 213 g/mol. The van der Waals surface area contributed by atoms with Crippen molar-refractivity contribution in [3.63, 3.8) is 0 Å². The lowest BCUT2D eigenvalue weighted by molar-refractivity contribution is 0.483. The molecule has 1 aromatic carbocycles. The predicted octanol–water partition coefficient (Wildman–Crippen LogP) is 1.77. The molecule has 1 aromatic rings. The van der Waals surface area contributed by atoms with Gasteiger partial charge in [0.05, 0.1) is 11.0 Å². The number of nitriles is 1. The normalized spacial score (nSPS) is 9.57. The van der Waals surface area contributed by atoms with Crippen LogP contribution in [0.1, 0.15) is 12.5 Å². The fraction of sp³-hybridized carbons (Fsp3) is 0.222. The number of hydrogen-bond acceptors (Lipinski definition) is 3. The lowest BCUT2D eigenvalue weighted by Crippen LogP contribution is -1.96. The van der Waals surface area contributed by atoms with E-state index < -0.39 is 10.1 Å². The fourth-order valence-corrected chi connectivity index (χ4v) is 1.19. The first-order valence-corrected chi connectivity index (χ1v) is 5.21. The van der Waals surface area contributed by atoms with E-state index in [1.165, 1.54) is 19.1 Å². The van der Waals surface area contributed by atoms with Crippen LogP contribution in [0.5, 0.6) is 0 Å². The molecule has 4 nitrogen and oxygen atoms in total. The summed E-state index contributed by atoms with van der Waals surface area (Å²) in [5, 5.41) is 7.32. The van der Waals surface area contributed by atoms with Crippen molar-refractivity contribution in [3.05, 3.63) is 29.8 Å². The summed E-state index contributed by atoms with van der Waals surface area (Å²) in [4.78, 5) is -0.0666. The molecule has 0 radical (unpaired) electrons. The Labute approximate surface area is 83.6 Å². The van der Waals surface area contributed by atoms with Gasteiger partial charge in [0.2, 0.25) is 0 Å². The minimum Gasteiger partial charge on any atom is -0.282 e. The molecule has 76 valence electrons. The molecular formula is C9H11NO3S. The van der Waals surface area contributed by atoms with Gasteiger partial charge in [-0.2, -0.15) is 13.7 Å². The smallest absolute Gasteiger partial charge is 0.282 e. The Kier molecular flexibility index (Phi) is 4.84. The number of hydrogen-bond donors (Lipinski definition) is 1. The summed E-state index contributed by atoms with van der Waals surface area (Å²) in [6.45, 7) is 3.27. The zero-order valence-electron chi connectivity index (χ0n) is 7.93. The van der Waals surface area contributed by atoms with Crippen LogP contribution in [0, 0.1) is 18.3 Å². The molecule has 0 aliphatic heterocycles. The largest absolute Gasteiger partial charge is 0.294 e. The minimum absolute atomic E-state index is 0.0666. The van der Waals surface area contributed by atoms with E-state index in [0.717, 1.165) is 5.56 Å². The maximum absolute atomic E-state index is 10.5. The zero-order valence-corrected chi connectivity index (χ0v) is 8.75. The topological polar surface area (TPSA) is 78.2 Å². The van der Waals surface area contributed by atoms with Crippen molar-refractivity contribution in [2.75, 3.05) is 0 Å². The van der Waals surface area contributed by atoms with Crippen molar-refractivity contribution in [2.24, 2.45) is 0 Å². The molecule has 0 spiro atoms. The van der Waals surface area contributed by atoms with E-state index in [2.05, 4.69) is 0 Å². The molecule has 0 saturated heterocycles. The van der Waals surface area contributed by atoms with Crippen molar-refractivity contribution in [3.8, 4) is 6.07 Å². The molecule has 0 fully saturated rings. The Morgan fingerprint density at radius 2 is 1.64 bits per heavy atom. The fourth-order valence-electron chi connectivity index (χ4n) is 0.710. The minimum atomic E-state index is -4.02. The molecule has 0 amide bonds. The molecule has 14 heavy (non-hydrogen) atoms. The Morgan fingerprint density at radius 3 is 1.93 bits per heavy atom. The van der Waals surface area contributed by atoms with Gasteiger partial charge in [-0.1, -0.05) is 17.7 Å². The first-order valence-electron chi connectivity index (χ1n) is 3.77. The molecule has 5 heteroatoms. The van der Waals surface area contributed by atoms with Gasteiger partial charge in [-0.25, -0.2) is 0 Å². The molecule has 0 unspecified atom stereocenters. The number of aryl methyl sites for hydroxylation is 1. The summed E-state index contributed by atoms with van der Waals surface area (Å²) in [6.07, 6.45) is 0. The van der Waals surface area contributed by atoms with Gasteiger partial charge in [0.1, 0.15) is 0 Å². The second-order valence-electron chi connectivity index (χ2n) is 2.51. The predicted molar refractivity (Wildman–Crippen MR) is 52.3 cm³/mol. The Bertz CT molecular complexity index is 414. The summed E-state index contributed by atoms with van der Waals surface area (Å²) < 4.78 is 29.6. The van der Waals surface area contributed by atoms with Crippen LogP contribution >= 0.6 is 0 Å². The van der Waals surface area contributed by atoms with Gasteiger partial charge in [-0.15, -0.1) is 0 Å². The third kappa shape index (κ3) is 4.60. The van der Waals surface area contributed by atoms with Crippen LogP contribution in [0.3, 0.4) is 0 Å². The molecule has 0 atom stereocenters. The molecule has 0 aliphatic rings. The number of rotatable bonds is 1. The molecule has 1 N–H and O–H groups in total. The summed E-state index contributed by atoms with van der Waals surface area (Å²) in [6, 6.07) is 7.74. The van der Waals surface area contributed by atoms with Gasteiger partial charge in [0, 0.05) is 6.92 Å². The second-order valence-corrected chi connectivity index (χ2v) is 3.93. The molecule has 0 aromatic heterocycles. The summed E-state index contributed by atoms with van der Waals surface area (Å²) in [5.41, 5.74) is 0.956. The molecule has 0 saturated carbocycles. The summed E-state index contributed by atoms with van der Waals surface area (Å²) >= 11 is 0. The summed E-state index contributed by atoms with van der Waals surface area (Å²) in [5.74, 6) is 0. The average Bonchev–Trinajstić information content (AvgIpc) is 2.04. The van der Waals surface area contributed by atoms with E-state index in [0.29, 0.717) is 0 Å². The highest BCUT2D eigenvalue weighted by Crippen LogP contribution is 2.08. The maximum atomic E-state index is 10.5. The standard InChI is InChI=1S/C7H8O3S.C2H3N/c1-6-2-4-7(5-3-6)11(8,9)10;1-2-3/h2-5H,1H3,(H,8,9,10);1H3. The van der Waals surface area contributed by atoms with Crippen molar-refractivity contribution in [2.45, 2.75) is 18.7 Å². The van der Waals surface area contributed by atoms with E-state index >= 15 is 0 Å². The van der Waals surface area contributed by atoms with Crippen molar-refractivity contribution >= 4 is 10.1 Å². The van der Waals surface area contributed by atoms with Crippen LogP contribution in [-0.4, -0.2) is 13.0 Å². The van der Waals surface area contributed by atoms with Crippen molar-refractivity contribution in [1.29, 1.82) is 5.26 Å². The Balaban J connectivity index is 0.000000500. The van der Waals surface area contributed by atoms with Crippen LogP contribution in [0.25, 0.3) is 0 Å². The highest BCUT2D eigenvalue weighted by Gasteiger charge is 2.06. The third-order valence-electron chi connectivity index (χ3n) is 1.32. The maximum Gasteiger partial charge on any atom is 0.294 e. The van der Waals surface area contributed by atoms with E-state index in [1.807, 2.05) is 6.92 Å². The van der Waals surface area contributed by atoms with Gasteiger partial charge in [0.15, 0.2) is 0 Å². The Hall–Kier alpha value is -1.38. The third-order valence-corrected chi connectivity index (χ3v) is 2.19. The summed E-state index contributed by atoms with van der Waals surface area (Å²) in [7, 11) is -4.02. The van der Waals surface area contributed by atoms with E-state index in [1.54, 1.807) is 18.2 Å². The van der Waals surface area contributed by atoms with Gasteiger partial charge < -0.3 is 0 Å². The van der Waals surface area contributed by atoms with E-state index in [9.17, 15) is 8.42 Å². The highest BCUT2D eigenvalue weighted by atomic mass is 32.2. The highest BCUT2D eigenvalue weighted by molar-refractivity contribution is 7.85. The monoisotopic (exact) mass is 213 g/mol. The van der Waals surface area contributed by atoms with Gasteiger partial charge >= 0.3 is 0 Å². The zero-order chi connectivity index (χ0) is 11.2. The lowest BCUT2D eigenvalue weighted by Gasteiger charge is -1.95. The van der Waals surface area contributed by atoms with Crippen LogP contribution in [0.2, 0.25) is 0 Å². The van der Waals surface area contributed by atoms with E-state index in [-0.39, 0.29) is 4.90 Å². The first kappa shape index (κ1) is 12.6. The lowest BCUT2D eigenvalue weighted by atomic mass is 10.2. The number of benzene rings is 1. The van der Waals surface area contributed by atoms with Gasteiger partial charge in [-0.05, 0) is 19.1 Å². The van der Waals surface area contributed by atoms with Gasteiger partial charge in [0.25, 0.3) is 10.1 Å². The molecule has 0 aliphatic carbocycles. The molecule has 0 bridgehead atoms. The van der Waals surface area contributed by atoms with Crippen LogP contribution < -0.4 is 0 Å². The van der Waals surface area contributed by atoms with Gasteiger partial charge in [-0.3, -0.25) is 4.55 Å². The molecule has 0 heterocycles. The van der Waals surface area contributed by atoms with Crippen LogP contribution in [0.15, 0.2) is 29.2 Å². The number of nitrogens with zero attached hydrogens (tertiary/aromatic N) is 1. The second kappa shape index (κ2) is 5.37. The molecular weight excluding hydrogens is 202 g/mol. The van der Waals surface area contributed by atoms with Crippen molar-refractivity contribution < 1.29 is 13.0 Å². The van der Waals surface area contributed by atoms with Crippen LogP contribution in [-0.2, 0) is 10.1 Å².